The van der Waals surface area contributed by atoms with E-state index in [1.165, 1.54) is 0 Å². The monoisotopic (exact) mass is 348 g/mol. The SMILES string of the molecule is CC(O)(CNC(=O)CNC(=O)c1cc(F)cc(F)c1)c1ccccc1. The summed E-state index contributed by atoms with van der Waals surface area (Å²) in [7, 11) is 0. The normalized spacial score (nSPS) is 13.0. The van der Waals surface area contributed by atoms with Crippen molar-refractivity contribution in [3.05, 3.63) is 71.3 Å². The number of benzene rings is 2. The number of hydrogen-bond donors (Lipinski definition) is 3. The van der Waals surface area contributed by atoms with Crippen LogP contribution in [0.25, 0.3) is 0 Å². The van der Waals surface area contributed by atoms with Gasteiger partial charge in [0.2, 0.25) is 5.91 Å². The van der Waals surface area contributed by atoms with Gasteiger partial charge in [0.15, 0.2) is 0 Å². The molecule has 0 fully saturated rings. The Bertz CT molecular complexity index is 744. The van der Waals surface area contributed by atoms with Gasteiger partial charge in [-0.2, -0.15) is 0 Å². The summed E-state index contributed by atoms with van der Waals surface area (Å²) in [5.41, 5.74) is -0.858. The molecule has 0 spiro atoms. The summed E-state index contributed by atoms with van der Waals surface area (Å²) in [5.74, 6) is -3.08. The third-order valence-corrected chi connectivity index (χ3v) is 3.56. The lowest BCUT2D eigenvalue weighted by Gasteiger charge is -2.24. The minimum absolute atomic E-state index is 0.0552. The second-order valence-corrected chi connectivity index (χ2v) is 5.76. The van der Waals surface area contributed by atoms with E-state index < -0.39 is 29.0 Å². The minimum atomic E-state index is -1.27. The number of carbonyl (C=O) groups excluding carboxylic acids is 2. The van der Waals surface area contributed by atoms with Crippen LogP contribution in [0.2, 0.25) is 0 Å². The van der Waals surface area contributed by atoms with Crippen LogP contribution in [0.1, 0.15) is 22.8 Å². The smallest absolute Gasteiger partial charge is 0.251 e. The van der Waals surface area contributed by atoms with Gasteiger partial charge in [0.05, 0.1) is 13.1 Å². The Hall–Kier alpha value is -2.80. The summed E-state index contributed by atoms with van der Waals surface area (Å²) in [5, 5.41) is 15.1. The fraction of sp³-hybridized carbons (Fsp3) is 0.222. The van der Waals surface area contributed by atoms with Gasteiger partial charge >= 0.3 is 0 Å². The van der Waals surface area contributed by atoms with Crippen molar-refractivity contribution in [2.24, 2.45) is 0 Å². The quantitative estimate of drug-likeness (QED) is 0.744. The molecule has 0 bridgehead atoms. The van der Waals surface area contributed by atoms with Crippen molar-refractivity contribution >= 4 is 11.8 Å². The molecule has 1 atom stereocenters. The first-order valence-corrected chi connectivity index (χ1v) is 7.57. The molecule has 0 aliphatic rings. The van der Waals surface area contributed by atoms with Crippen LogP contribution in [0, 0.1) is 11.6 Å². The number of hydrogen-bond acceptors (Lipinski definition) is 3. The summed E-state index contributed by atoms with van der Waals surface area (Å²) in [6, 6.07) is 11.2. The lowest BCUT2D eigenvalue weighted by molar-refractivity contribution is -0.121. The first-order valence-electron chi connectivity index (χ1n) is 7.57. The van der Waals surface area contributed by atoms with E-state index in [0.717, 1.165) is 12.1 Å². The highest BCUT2D eigenvalue weighted by atomic mass is 19.1. The van der Waals surface area contributed by atoms with Gasteiger partial charge in [0.1, 0.15) is 17.2 Å². The molecule has 3 N–H and O–H groups in total. The molecule has 0 saturated carbocycles. The van der Waals surface area contributed by atoms with Crippen molar-refractivity contribution in [2.45, 2.75) is 12.5 Å². The van der Waals surface area contributed by atoms with Crippen LogP contribution in [-0.2, 0) is 10.4 Å². The zero-order valence-corrected chi connectivity index (χ0v) is 13.6. The molecule has 0 aliphatic carbocycles. The average Bonchev–Trinajstić information content (AvgIpc) is 2.58. The Morgan fingerprint density at radius 3 is 2.24 bits per heavy atom. The topological polar surface area (TPSA) is 78.4 Å². The fourth-order valence-electron chi connectivity index (χ4n) is 2.18. The molecule has 1 unspecified atom stereocenters. The zero-order chi connectivity index (χ0) is 18.4. The highest BCUT2D eigenvalue weighted by molar-refractivity contribution is 5.96. The molecule has 2 aromatic rings. The number of amides is 2. The molecule has 0 radical (unpaired) electrons. The van der Waals surface area contributed by atoms with E-state index in [1.807, 2.05) is 6.07 Å². The molecule has 2 rings (SSSR count). The second kappa shape index (κ2) is 7.85. The van der Waals surface area contributed by atoms with Crippen LogP contribution in [0.4, 0.5) is 8.78 Å². The molecule has 2 aromatic carbocycles. The van der Waals surface area contributed by atoms with Crippen molar-refractivity contribution in [3.8, 4) is 0 Å². The third kappa shape index (κ3) is 5.36. The van der Waals surface area contributed by atoms with E-state index in [4.69, 9.17) is 0 Å². The van der Waals surface area contributed by atoms with Crippen molar-refractivity contribution in [1.82, 2.24) is 10.6 Å². The van der Waals surface area contributed by atoms with Crippen molar-refractivity contribution in [2.75, 3.05) is 13.1 Å². The number of nitrogens with one attached hydrogen (secondary N) is 2. The van der Waals surface area contributed by atoms with E-state index >= 15 is 0 Å². The van der Waals surface area contributed by atoms with Crippen LogP contribution in [0.15, 0.2) is 48.5 Å². The maximum absolute atomic E-state index is 13.1. The van der Waals surface area contributed by atoms with Crippen LogP contribution in [0.3, 0.4) is 0 Å². The highest BCUT2D eigenvalue weighted by Gasteiger charge is 2.23. The molecule has 0 aromatic heterocycles. The Morgan fingerprint density at radius 1 is 1.04 bits per heavy atom. The van der Waals surface area contributed by atoms with Gasteiger partial charge in [-0.1, -0.05) is 30.3 Å². The van der Waals surface area contributed by atoms with Gasteiger partial charge in [-0.05, 0) is 24.6 Å². The Morgan fingerprint density at radius 2 is 1.64 bits per heavy atom. The van der Waals surface area contributed by atoms with E-state index in [1.54, 1.807) is 31.2 Å². The first-order chi connectivity index (χ1) is 11.8. The Labute approximate surface area is 143 Å². The van der Waals surface area contributed by atoms with Crippen molar-refractivity contribution in [1.29, 1.82) is 0 Å². The number of rotatable bonds is 6. The van der Waals surface area contributed by atoms with E-state index in [9.17, 15) is 23.5 Å². The molecule has 132 valence electrons. The lowest BCUT2D eigenvalue weighted by Crippen LogP contribution is -2.43. The van der Waals surface area contributed by atoms with Gasteiger partial charge in [0.25, 0.3) is 5.91 Å². The van der Waals surface area contributed by atoms with E-state index in [2.05, 4.69) is 10.6 Å². The molecular weight excluding hydrogens is 330 g/mol. The summed E-state index contributed by atoms with van der Waals surface area (Å²) in [4.78, 5) is 23.6. The largest absolute Gasteiger partial charge is 0.384 e. The van der Waals surface area contributed by atoms with Gasteiger partial charge in [-0.3, -0.25) is 9.59 Å². The number of carbonyl (C=O) groups is 2. The second-order valence-electron chi connectivity index (χ2n) is 5.76. The van der Waals surface area contributed by atoms with Gasteiger partial charge in [-0.15, -0.1) is 0 Å². The van der Waals surface area contributed by atoms with E-state index in [0.29, 0.717) is 11.6 Å². The molecule has 7 heteroatoms. The molecule has 0 saturated heterocycles. The van der Waals surface area contributed by atoms with E-state index in [-0.39, 0.29) is 18.7 Å². The molecule has 25 heavy (non-hydrogen) atoms. The number of aliphatic hydroxyl groups is 1. The van der Waals surface area contributed by atoms with Crippen LogP contribution in [-0.4, -0.2) is 30.0 Å². The predicted molar refractivity (Wildman–Crippen MR) is 87.7 cm³/mol. The van der Waals surface area contributed by atoms with Crippen molar-refractivity contribution in [3.63, 3.8) is 0 Å². The molecule has 2 amide bonds. The maximum Gasteiger partial charge on any atom is 0.251 e. The Kier molecular flexibility index (Phi) is 5.82. The van der Waals surface area contributed by atoms with Gasteiger partial charge < -0.3 is 15.7 Å². The van der Waals surface area contributed by atoms with Crippen LogP contribution in [0.5, 0.6) is 0 Å². The molecular formula is C18H18F2N2O3. The Balaban J connectivity index is 1.85. The average molecular weight is 348 g/mol. The zero-order valence-electron chi connectivity index (χ0n) is 13.6. The lowest BCUT2D eigenvalue weighted by atomic mass is 9.96. The predicted octanol–water partition coefficient (Wildman–Crippen LogP) is 1.72. The van der Waals surface area contributed by atoms with Crippen molar-refractivity contribution < 1.29 is 23.5 Å². The van der Waals surface area contributed by atoms with Crippen LogP contribution < -0.4 is 10.6 Å². The fourth-order valence-corrected chi connectivity index (χ4v) is 2.18. The standard InChI is InChI=1S/C18H18F2N2O3/c1-18(25,13-5-3-2-4-6-13)11-22-16(23)10-21-17(24)12-7-14(19)9-15(20)8-12/h2-9,25H,10-11H2,1H3,(H,21,24)(H,22,23). The van der Waals surface area contributed by atoms with Gasteiger partial charge in [-0.25, -0.2) is 8.78 Å². The number of halogens is 2. The molecule has 0 aliphatic heterocycles. The third-order valence-electron chi connectivity index (χ3n) is 3.56. The highest BCUT2D eigenvalue weighted by Crippen LogP contribution is 2.18. The summed E-state index contributed by atoms with van der Waals surface area (Å²) < 4.78 is 26.1. The molecule has 0 heterocycles. The summed E-state index contributed by atoms with van der Waals surface area (Å²) >= 11 is 0. The molecule has 5 nitrogen and oxygen atoms in total. The minimum Gasteiger partial charge on any atom is -0.384 e. The van der Waals surface area contributed by atoms with Gasteiger partial charge in [0, 0.05) is 11.6 Å². The summed E-state index contributed by atoms with van der Waals surface area (Å²) in [6.45, 7) is 1.11. The summed E-state index contributed by atoms with van der Waals surface area (Å²) in [6.07, 6.45) is 0. The first kappa shape index (κ1) is 18.5. The van der Waals surface area contributed by atoms with Crippen LogP contribution >= 0.6 is 0 Å². The maximum atomic E-state index is 13.1.